The van der Waals surface area contributed by atoms with Crippen LogP contribution in [0.3, 0.4) is 0 Å². The maximum absolute atomic E-state index is 11.6. The molecule has 0 aromatic heterocycles. The Morgan fingerprint density at radius 1 is 0.425 bits per heavy atom. The lowest BCUT2D eigenvalue weighted by atomic mass is 9.78. The van der Waals surface area contributed by atoms with Crippen molar-refractivity contribution in [1.82, 2.24) is 0 Å². The molecule has 3 aromatic carbocycles. The van der Waals surface area contributed by atoms with Crippen LogP contribution >= 0.6 is 0 Å². The van der Waals surface area contributed by atoms with Crippen LogP contribution in [0, 0.1) is 6.92 Å². The first-order valence-electron chi connectivity index (χ1n) is 14.5. The molecule has 0 amide bonds. The smallest absolute Gasteiger partial charge is 0.122 e. The molecule has 40 heavy (non-hydrogen) atoms. The van der Waals surface area contributed by atoms with Crippen molar-refractivity contribution in [2.75, 3.05) is 0 Å². The van der Waals surface area contributed by atoms with E-state index in [-0.39, 0.29) is 27.4 Å². The van der Waals surface area contributed by atoms with Crippen LogP contribution in [0.4, 0.5) is 0 Å². The average Bonchev–Trinajstić information content (AvgIpc) is 2.76. The van der Waals surface area contributed by atoms with Gasteiger partial charge in [0.2, 0.25) is 0 Å². The van der Waals surface area contributed by atoms with Gasteiger partial charge in [-0.3, -0.25) is 0 Å². The normalized spacial score (nSPS) is 13.1. The molecule has 0 saturated carbocycles. The largest absolute Gasteiger partial charge is 0.507 e. The zero-order valence-corrected chi connectivity index (χ0v) is 27.2. The van der Waals surface area contributed by atoms with E-state index >= 15 is 0 Å². The van der Waals surface area contributed by atoms with Crippen molar-refractivity contribution >= 4 is 0 Å². The van der Waals surface area contributed by atoms with Crippen LogP contribution < -0.4 is 0 Å². The first-order valence-corrected chi connectivity index (χ1v) is 14.5. The SMILES string of the molecule is Cc1cc(Cc2cc(C(C)(C)C)cc(C(C)(C)C)c2O)c(O)c(Cc2cc(C(C)(C)C)cc(C(C)(C)C)c2O)c1. The molecule has 0 fully saturated rings. The minimum atomic E-state index is -0.222. The summed E-state index contributed by atoms with van der Waals surface area (Å²) in [6.45, 7) is 27.8. The van der Waals surface area contributed by atoms with Crippen LogP contribution in [-0.2, 0) is 34.5 Å². The number of aryl methyl sites for hydroxylation is 1. The molecule has 0 saturated heterocycles. The Bertz CT molecular complexity index is 1290. The Kier molecular flexibility index (Phi) is 8.27. The predicted octanol–water partition coefficient (Wildman–Crippen LogP) is 9.48. The molecule has 3 N–H and O–H groups in total. The highest BCUT2D eigenvalue weighted by Gasteiger charge is 2.27. The molecule has 0 radical (unpaired) electrons. The van der Waals surface area contributed by atoms with Gasteiger partial charge in [0.05, 0.1) is 0 Å². The van der Waals surface area contributed by atoms with Crippen molar-refractivity contribution < 1.29 is 15.3 Å². The van der Waals surface area contributed by atoms with Gasteiger partial charge in [-0.1, -0.05) is 125 Å². The van der Waals surface area contributed by atoms with E-state index in [9.17, 15) is 15.3 Å². The standard InChI is InChI=1S/C37H52O3/c1-22-14-23(16-25-18-27(34(2,3)4)20-29(32(25)39)36(8,9)10)31(38)24(15-22)17-26-19-28(35(5,6)7)21-30(33(26)40)37(11,12)13/h14-15,18-21,38-40H,16-17H2,1-13H3. The fraction of sp³-hybridized carbons (Fsp3) is 0.514. The highest BCUT2D eigenvalue weighted by Crippen LogP contribution is 2.42. The predicted molar refractivity (Wildman–Crippen MR) is 169 cm³/mol. The van der Waals surface area contributed by atoms with Gasteiger partial charge < -0.3 is 15.3 Å². The van der Waals surface area contributed by atoms with E-state index in [0.29, 0.717) is 24.3 Å². The van der Waals surface area contributed by atoms with E-state index in [1.165, 1.54) is 0 Å². The van der Waals surface area contributed by atoms with E-state index in [2.05, 4.69) is 107 Å². The van der Waals surface area contributed by atoms with Gasteiger partial charge in [0, 0.05) is 12.8 Å². The number of phenolic OH excluding ortho intramolecular Hbond substituents is 3. The van der Waals surface area contributed by atoms with Gasteiger partial charge in [-0.2, -0.15) is 0 Å². The Hall–Kier alpha value is -2.94. The van der Waals surface area contributed by atoms with Crippen molar-refractivity contribution in [3.8, 4) is 17.2 Å². The lowest BCUT2D eigenvalue weighted by Crippen LogP contribution is -2.17. The number of hydrogen-bond donors (Lipinski definition) is 3. The highest BCUT2D eigenvalue weighted by molar-refractivity contribution is 5.56. The second kappa shape index (κ2) is 10.5. The molecule has 218 valence electrons. The van der Waals surface area contributed by atoms with E-state index in [4.69, 9.17) is 0 Å². The van der Waals surface area contributed by atoms with Crippen LogP contribution in [0.25, 0.3) is 0 Å². The quantitative estimate of drug-likeness (QED) is 0.306. The van der Waals surface area contributed by atoms with Crippen LogP contribution in [0.1, 0.15) is 133 Å². The van der Waals surface area contributed by atoms with E-state index < -0.39 is 0 Å². The minimum Gasteiger partial charge on any atom is -0.507 e. The number of phenols is 3. The maximum Gasteiger partial charge on any atom is 0.122 e. The summed E-state index contributed by atoms with van der Waals surface area (Å²) in [5.41, 5.74) is 7.78. The van der Waals surface area contributed by atoms with Crippen molar-refractivity contribution in [2.24, 2.45) is 0 Å². The number of rotatable bonds is 4. The van der Waals surface area contributed by atoms with Gasteiger partial charge in [0.25, 0.3) is 0 Å². The second-order valence-electron chi connectivity index (χ2n) is 15.8. The molecule has 0 spiro atoms. The number of aromatic hydroxyl groups is 3. The third-order valence-electron chi connectivity index (χ3n) is 7.90. The Balaban J connectivity index is 2.16. The Morgan fingerprint density at radius 3 is 1.00 bits per heavy atom. The van der Waals surface area contributed by atoms with Gasteiger partial charge in [0.15, 0.2) is 0 Å². The molecule has 0 heterocycles. The summed E-state index contributed by atoms with van der Waals surface area (Å²) in [6.07, 6.45) is 0.835. The molecule has 0 atom stereocenters. The van der Waals surface area contributed by atoms with Gasteiger partial charge in [0.1, 0.15) is 17.2 Å². The molecule has 3 aromatic rings. The summed E-state index contributed by atoms with van der Waals surface area (Å²) in [4.78, 5) is 0. The zero-order valence-electron chi connectivity index (χ0n) is 27.2. The minimum absolute atomic E-state index is 0.0807. The number of hydrogen-bond acceptors (Lipinski definition) is 3. The molecule has 3 heteroatoms. The van der Waals surface area contributed by atoms with E-state index in [0.717, 1.165) is 50.1 Å². The van der Waals surface area contributed by atoms with Gasteiger partial charge >= 0.3 is 0 Å². The van der Waals surface area contributed by atoms with Crippen molar-refractivity contribution in [3.63, 3.8) is 0 Å². The summed E-state index contributed by atoms with van der Waals surface area (Å²) in [6, 6.07) is 12.4. The molecule has 0 aliphatic rings. The van der Waals surface area contributed by atoms with Crippen LogP contribution in [-0.4, -0.2) is 15.3 Å². The summed E-state index contributed by atoms with van der Waals surface area (Å²) >= 11 is 0. The highest BCUT2D eigenvalue weighted by atomic mass is 16.3. The third kappa shape index (κ3) is 6.85. The van der Waals surface area contributed by atoms with Gasteiger partial charge in [-0.05, 0) is 73.1 Å². The van der Waals surface area contributed by atoms with Gasteiger partial charge in [-0.25, -0.2) is 0 Å². The second-order valence-corrected chi connectivity index (χ2v) is 15.8. The van der Waals surface area contributed by atoms with Gasteiger partial charge in [-0.15, -0.1) is 0 Å². The lowest BCUT2D eigenvalue weighted by molar-refractivity contribution is 0.437. The maximum atomic E-state index is 11.6. The van der Waals surface area contributed by atoms with Crippen LogP contribution in [0.15, 0.2) is 36.4 Å². The number of benzene rings is 3. The average molecular weight is 545 g/mol. The van der Waals surface area contributed by atoms with Crippen LogP contribution in [0.2, 0.25) is 0 Å². The van der Waals surface area contributed by atoms with Crippen molar-refractivity contribution in [3.05, 3.63) is 86.5 Å². The summed E-state index contributed by atoms with van der Waals surface area (Å²) in [7, 11) is 0. The topological polar surface area (TPSA) is 60.7 Å². The monoisotopic (exact) mass is 544 g/mol. The van der Waals surface area contributed by atoms with E-state index in [1.54, 1.807) is 0 Å². The van der Waals surface area contributed by atoms with Crippen molar-refractivity contribution in [1.29, 1.82) is 0 Å². The fourth-order valence-electron chi connectivity index (χ4n) is 5.28. The molecule has 3 nitrogen and oxygen atoms in total. The molecule has 0 bridgehead atoms. The molecular weight excluding hydrogens is 492 g/mol. The first kappa shape index (κ1) is 31.6. The van der Waals surface area contributed by atoms with E-state index in [1.807, 2.05) is 19.1 Å². The Labute approximate surface area is 243 Å². The lowest BCUT2D eigenvalue weighted by Gasteiger charge is -2.28. The molecule has 0 unspecified atom stereocenters. The molecular formula is C37H52O3. The fourth-order valence-corrected chi connectivity index (χ4v) is 5.28. The van der Waals surface area contributed by atoms with Crippen LogP contribution in [0.5, 0.6) is 17.2 Å². The molecule has 0 aliphatic heterocycles. The summed E-state index contributed by atoms with van der Waals surface area (Å²) in [5, 5.41) is 34.3. The molecule has 0 aliphatic carbocycles. The molecule has 3 rings (SSSR count). The zero-order chi connectivity index (χ0) is 30.6. The summed E-state index contributed by atoms with van der Waals surface area (Å²) < 4.78 is 0. The Morgan fingerprint density at radius 2 is 0.725 bits per heavy atom. The first-order chi connectivity index (χ1) is 18.0. The summed E-state index contributed by atoms with van der Waals surface area (Å²) in [5.74, 6) is 0.822. The third-order valence-corrected chi connectivity index (χ3v) is 7.90. The van der Waals surface area contributed by atoms with Crippen molar-refractivity contribution in [2.45, 2.75) is 125 Å².